The number of benzene rings is 5. The molecule has 0 aliphatic carbocycles. The second-order valence-corrected chi connectivity index (χ2v) is 19.2. The number of nitrogens with one attached hydrogen (secondary N) is 4. The van der Waals surface area contributed by atoms with Crippen molar-refractivity contribution in [1.29, 1.82) is 0 Å². The topological polar surface area (TPSA) is 259 Å². The summed E-state index contributed by atoms with van der Waals surface area (Å²) in [5.41, 5.74) is 7.05. The van der Waals surface area contributed by atoms with Gasteiger partial charge in [-0.05, 0) is 154 Å². The second kappa shape index (κ2) is 30.6. The minimum absolute atomic E-state index is 0.0115. The molecule has 0 atom stereocenters. The normalized spacial score (nSPS) is 10.5. The summed E-state index contributed by atoms with van der Waals surface area (Å²) in [5.74, 6) is -2.61. The Bertz CT molecular complexity index is 3130. The van der Waals surface area contributed by atoms with E-state index in [0.717, 1.165) is 0 Å². The third-order valence-electron chi connectivity index (χ3n) is 12.0. The fourth-order valence-electron chi connectivity index (χ4n) is 7.91. The van der Waals surface area contributed by atoms with Gasteiger partial charge in [0.25, 0.3) is 0 Å². The molecule has 0 unspecified atom stereocenters. The van der Waals surface area contributed by atoms with E-state index in [2.05, 4.69) is 47.6 Å². The quantitative estimate of drug-likeness (QED) is 0.0139. The molecule has 20 heteroatoms. The Hall–Kier alpha value is -9.98. The Morgan fingerprint density at radius 2 is 0.687 bits per heavy atom. The Kier molecular flexibility index (Phi) is 23.5. The van der Waals surface area contributed by atoms with Crippen molar-refractivity contribution in [1.82, 2.24) is 21.3 Å². The summed E-state index contributed by atoms with van der Waals surface area (Å²) >= 11 is 0. The average Bonchev–Trinajstić information content (AvgIpc) is 3.64. The molecule has 0 aromatic heterocycles. The molecule has 0 aliphatic rings. The highest BCUT2D eigenvalue weighted by atomic mass is 16.6. The zero-order valence-corrected chi connectivity index (χ0v) is 47.8. The monoisotopic (exact) mass is 1140 g/mol. The van der Waals surface area contributed by atoms with Gasteiger partial charge in [-0.1, -0.05) is 68.8 Å². The molecule has 0 aliphatic heterocycles. The van der Waals surface area contributed by atoms with Gasteiger partial charge in [-0.2, -0.15) is 0 Å². The molecule has 436 valence electrons. The maximum absolute atomic E-state index is 13.9. The van der Waals surface area contributed by atoms with E-state index in [-0.39, 0.29) is 97.9 Å². The van der Waals surface area contributed by atoms with E-state index >= 15 is 0 Å². The minimum Gasteiger partial charge on any atom is -0.460 e. The van der Waals surface area contributed by atoms with Crippen molar-refractivity contribution in [3.05, 3.63) is 179 Å². The maximum atomic E-state index is 13.9. The highest BCUT2D eigenvalue weighted by Gasteiger charge is 2.30. The summed E-state index contributed by atoms with van der Waals surface area (Å²) in [6.07, 6.45) is -3.31. The lowest BCUT2D eigenvalue weighted by Crippen LogP contribution is -2.31. The molecule has 0 fully saturated rings. The third-order valence-corrected chi connectivity index (χ3v) is 12.0. The van der Waals surface area contributed by atoms with Crippen molar-refractivity contribution in [3.63, 3.8) is 0 Å². The second-order valence-electron chi connectivity index (χ2n) is 19.2. The lowest BCUT2D eigenvalue weighted by atomic mass is 9.80. The number of ether oxygens (including phenoxy) is 8. The molecule has 0 heterocycles. The zero-order chi connectivity index (χ0) is 60.9. The number of carbonyl (C=O) groups excluding carboxylic acids is 8. The Labute approximate surface area is 481 Å². The van der Waals surface area contributed by atoms with Crippen LogP contribution in [0.25, 0.3) is 22.3 Å². The van der Waals surface area contributed by atoms with Gasteiger partial charge in [-0.3, -0.25) is 0 Å². The summed E-state index contributed by atoms with van der Waals surface area (Å²) in [5, 5.41) is 10.4. The van der Waals surface area contributed by atoms with Gasteiger partial charge in [0.15, 0.2) is 0 Å². The van der Waals surface area contributed by atoms with Crippen LogP contribution in [-0.4, -0.2) is 101 Å². The van der Waals surface area contributed by atoms with Crippen LogP contribution in [0.5, 0.6) is 23.0 Å². The van der Waals surface area contributed by atoms with Gasteiger partial charge in [0.05, 0.1) is 26.2 Å². The number of hydrogen-bond acceptors (Lipinski definition) is 16. The first kappa shape index (κ1) is 63.8. The van der Waals surface area contributed by atoms with Crippen LogP contribution in [0, 0.1) is 27.7 Å². The predicted octanol–water partition coefficient (Wildman–Crippen LogP) is 10.3. The molecule has 20 nitrogen and oxygen atoms in total. The minimum atomic E-state index is -0.906. The van der Waals surface area contributed by atoms with E-state index in [1.54, 1.807) is 52.0 Å². The van der Waals surface area contributed by atoms with Crippen LogP contribution < -0.4 is 40.2 Å². The van der Waals surface area contributed by atoms with Crippen LogP contribution in [0.3, 0.4) is 0 Å². The van der Waals surface area contributed by atoms with E-state index in [1.807, 2.05) is 66.7 Å². The number of amides is 4. The summed E-state index contributed by atoms with van der Waals surface area (Å²) in [7, 11) is 0. The fraction of sp³-hybridized carbons (Fsp3) is 0.270. The van der Waals surface area contributed by atoms with Crippen LogP contribution in [0.1, 0.15) is 72.6 Å². The number of carbonyl (C=O) groups is 8. The largest absolute Gasteiger partial charge is 0.460 e. The zero-order valence-electron chi connectivity index (χ0n) is 47.8. The van der Waals surface area contributed by atoms with Gasteiger partial charge in [-0.25, -0.2) is 38.4 Å². The molecule has 0 saturated heterocycles. The number of rotatable bonds is 25. The van der Waals surface area contributed by atoms with Crippen LogP contribution in [0.4, 0.5) is 19.2 Å². The van der Waals surface area contributed by atoms with E-state index in [4.69, 9.17) is 37.9 Å². The molecule has 0 radical (unpaired) electrons. The number of hydrogen-bond donors (Lipinski definition) is 4. The highest BCUT2D eigenvalue weighted by molar-refractivity contribution is 5.88. The Balaban J connectivity index is 1.65. The number of aryl methyl sites for hydroxylation is 4. The molecule has 5 aromatic carbocycles. The molecular formula is C63H68N4O16. The molecule has 5 aromatic rings. The maximum Gasteiger partial charge on any atom is 0.412 e. The Morgan fingerprint density at radius 3 is 0.988 bits per heavy atom. The van der Waals surface area contributed by atoms with E-state index in [9.17, 15) is 38.4 Å². The van der Waals surface area contributed by atoms with Gasteiger partial charge < -0.3 is 59.2 Å². The van der Waals surface area contributed by atoms with Crippen molar-refractivity contribution in [2.45, 2.75) is 61.3 Å². The van der Waals surface area contributed by atoms with E-state index in [0.29, 0.717) is 61.2 Å². The molecule has 4 N–H and O–H groups in total. The van der Waals surface area contributed by atoms with Gasteiger partial charge in [0.1, 0.15) is 49.4 Å². The van der Waals surface area contributed by atoms with Gasteiger partial charge >= 0.3 is 48.3 Å². The van der Waals surface area contributed by atoms with Gasteiger partial charge in [0, 0.05) is 39.3 Å². The standard InChI is InChI=1S/C63H68N4O16/c1-36(2)56(68)76-26-22-64-60(72)80-51-20-18-45(30-40(51)9)47-32-42(11)54(82-62(74)66-24-28-78-58(70)38(5)6)49(34-47)53(44-16-14-13-15-17-44)50-35-48(33-43(12)55(50)83-63(75)67-25-29-79-59(71)39(7)8)46-19-21-52(41(10)31-46)81-61(73)65-23-27-77-57(69)37(3)4/h13-21,30-35,53H,1,3,5,7,22-29H2,2,4,6,8-12H3,(H,64,72)(H,65,73)(H,66,74)(H,67,75). The van der Waals surface area contributed by atoms with E-state index < -0.39 is 54.2 Å². The van der Waals surface area contributed by atoms with Crippen LogP contribution >= 0.6 is 0 Å². The third kappa shape index (κ3) is 19.1. The molecule has 5 rings (SSSR count). The molecular weight excluding hydrogens is 1070 g/mol. The first-order valence-electron chi connectivity index (χ1n) is 26.1. The van der Waals surface area contributed by atoms with Crippen molar-refractivity contribution < 1.29 is 76.3 Å². The molecule has 0 bridgehead atoms. The SMILES string of the molecule is C=C(C)C(=O)OCCNC(=O)Oc1ccc(-c2cc(C)c(OC(=O)NCCOC(=O)C(=C)C)c(C(c3ccccc3)c3cc(-c4ccc(OC(=O)NCCOC(=O)C(=C)C)c(C)c4)cc(C)c3OC(=O)NCCOC(=O)C(=C)C)c2)cc1C. The van der Waals surface area contributed by atoms with Crippen LogP contribution in [0.15, 0.2) is 140 Å². The van der Waals surface area contributed by atoms with Crippen molar-refractivity contribution >= 4 is 48.3 Å². The lowest BCUT2D eigenvalue weighted by Gasteiger charge is -2.27. The summed E-state index contributed by atoms with van der Waals surface area (Å²) < 4.78 is 44.2. The summed E-state index contributed by atoms with van der Waals surface area (Å²) in [6.45, 7) is 26.5. The summed E-state index contributed by atoms with van der Waals surface area (Å²) in [4.78, 5) is 101. The van der Waals surface area contributed by atoms with Crippen molar-refractivity contribution in [2.75, 3.05) is 52.6 Å². The molecule has 0 spiro atoms. The predicted molar refractivity (Wildman–Crippen MR) is 309 cm³/mol. The summed E-state index contributed by atoms with van der Waals surface area (Å²) in [6, 6.07) is 26.9. The first-order valence-corrected chi connectivity index (χ1v) is 26.1. The molecule has 4 amide bonds. The highest BCUT2D eigenvalue weighted by Crippen LogP contribution is 2.47. The molecule has 0 saturated carbocycles. The van der Waals surface area contributed by atoms with Gasteiger partial charge in [-0.15, -0.1) is 0 Å². The van der Waals surface area contributed by atoms with Crippen LogP contribution in [0.2, 0.25) is 0 Å². The van der Waals surface area contributed by atoms with Crippen molar-refractivity contribution in [2.24, 2.45) is 0 Å². The molecule has 83 heavy (non-hydrogen) atoms. The van der Waals surface area contributed by atoms with Crippen molar-refractivity contribution in [3.8, 4) is 45.3 Å². The van der Waals surface area contributed by atoms with E-state index in [1.165, 1.54) is 27.7 Å². The van der Waals surface area contributed by atoms with Crippen LogP contribution in [-0.2, 0) is 38.1 Å². The average molecular weight is 1140 g/mol. The first-order chi connectivity index (χ1) is 39.4. The Morgan fingerprint density at radius 1 is 0.386 bits per heavy atom. The lowest BCUT2D eigenvalue weighted by molar-refractivity contribution is -0.139. The fourth-order valence-corrected chi connectivity index (χ4v) is 7.91. The number of esters is 4. The van der Waals surface area contributed by atoms with Gasteiger partial charge in [0.2, 0.25) is 0 Å². The smallest absolute Gasteiger partial charge is 0.412 e.